The van der Waals surface area contributed by atoms with E-state index in [2.05, 4.69) is 15.3 Å². The lowest BCUT2D eigenvalue weighted by molar-refractivity contribution is -0.116. The maximum absolute atomic E-state index is 12.2. The van der Waals surface area contributed by atoms with Crippen LogP contribution in [0.5, 0.6) is 0 Å². The number of rotatable bonds is 5. The summed E-state index contributed by atoms with van der Waals surface area (Å²) in [6.07, 6.45) is 4.35. The number of oxazole rings is 1. The monoisotopic (exact) mass is 380 g/mol. The summed E-state index contributed by atoms with van der Waals surface area (Å²) >= 11 is 1.54. The molecule has 7 nitrogen and oxygen atoms in total. The highest BCUT2D eigenvalue weighted by Crippen LogP contribution is 2.23. The highest BCUT2D eigenvalue weighted by Gasteiger charge is 2.10. The first-order valence-electron chi connectivity index (χ1n) is 8.34. The van der Waals surface area contributed by atoms with E-state index < -0.39 is 5.76 Å². The Morgan fingerprint density at radius 1 is 1.33 bits per heavy atom. The SMILES string of the molecule is Cn1c(=O)oc2cc(NC(=O)CCc3csc(-c4cccnc4)n3)ccc21. The Balaban J connectivity index is 1.39. The van der Waals surface area contributed by atoms with Crippen LogP contribution in [0.3, 0.4) is 0 Å². The van der Waals surface area contributed by atoms with E-state index in [4.69, 9.17) is 4.42 Å². The number of aryl methyl sites for hydroxylation is 2. The summed E-state index contributed by atoms with van der Waals surface area (Å²) in [6, 6.07) is 8.98. The van der Waals surface area contributed by atoms with Gasteiger partial charge in [-0.25, -0.2) is 9.78 Å². The highest BCUT2D eigenvalue weighted by molar-refractivity contribution is 7.13. The third kappa shape index (κ3) is 3.65. The first-order chi connectivity index (χ1) is 13.1. The maximum atomic E-state index is 12.2. The van der Waals surface area contributed by atoms with Crippen molar-refractivity contribution in [3.05, 3.63) is 64.4 Å². The number of hydrogen-bond acceptors (Lipinski definition) is 6. The van der Waals surface area contributed by atoms with Gasteiger partial charge in [0.05, 0.1) is 11.2 Å². The molecule has 27 heavy (non-hydrogen) atoms. The van der Waals surface area contributed by atoms with Crippen LogP contribution in [-0.4, -0.2) is 20.4 Å². The average Bonchev–Trinajstić information content (AvgIpc) is 3.26. The minimum Gasteiger partial charge on any atom is -0.408 e. The zero-order valence-corrected chi connectivity index (χ0v) is 15.3. The topological polar surface area (TPSA) is 90.0 Å². The first-order valence-corrected chi connectivity index (χ1v) is 9.22. The second-order valence-electron chi connectivity index (χ2n) is 6.04. The van der Waals surface area contributed by atoms with Crippen molar-refractivity contribution in [2.45, 2.75) is 12.8 Å². The molecule has 0 saturated carbocycles. The van der Waals surface area contributed by atoms with Crippen LogP contribution in [-0.2, 0) is 18.3 Å². The molecule has 1 N–H and O–H groups in total. The van der Waals surface area contributed by atoms with Crippen molar-refractivity contribution in [3.63, 3.8) is 0 Å². The number of nitrogens with zero attached hydrogens (tertiary/aromatic N) is 3. The molecule has 0 aliphatic carbocycles. The number of aromatic nitrogens is 3. The van der Waals surface area contributed by atoms with Crippen LogP contribution >= 0.6 is 11.3 Å². The van der Waals surface area contributed by atoms with Gasteiger partial charge in [-0.1, -0.05) is 0 Å². The molecule has 0 saturated heterocycles. The summed E-state index contributed by atoms with van der Waals surface area (Å²) < 4.78 is 6.56. The molecule has 0 unspecified atom stereocenters. The fourth-order valence-electron chi connectivity index (χ4n) is 2.72. The number of thiazole rings is 1. The van der Waals surface area contributed by atoms with E-state index in [0.29, 0.717) is 29.6 Å². The molecule has 3 heterocycles. The Labute approximate surface area is 158 Å². The Hall–Kier alpha value is -3.26. The van der Waals surface area contributed by atoms with Crippen molar-refractivity contribution in [2.24, 2.45) is 7.05 Å². The quantitative estimate of drug-likeness (QED) is 0.574. The molecule has 0 fully saturated rings. The van der Waals surface area contributed by atoms with Crippen molar-refractivity contribution < 1.29 is 9.21 Å². The molecule has 0 aliphatic rings. The maximum Gasteiger partial charge on any atom is 0.419 e. The second kappa shape index (κ2) is 7.16. The van der Waals surface area contributed by atoms with E-state index >= 15 is 0 Å². The van der Waals surface area contributed by atoms with Crippen molar-refractivity contribution in [3.8, 4) is 10.6 Å². The highest BCUT2D eigenvalue weighted by atomic mass is 32.1. The van der Waals surface area contributed by atoms with Gasteiger partial charge in [0, 0.05) is 48.6 Å². The van der Waals surface area contributed by atoms with Gasteiger partial charge >= 0.3 is 5.76 Å². The lowest BCUT2D eigenvalue weighted by Gasteiger charge is -2.04. The lowest BCUT2D eigenvalue weighted by atomic mass is 10.2. The zero-order chi connectivity index (χ0) is 18.8. The number of fused-ring (bicyclic) bond motifs is 1. The van der Waals surface area contributed by atoms with Crippen molar-refractivity contribution >= 4 is 34.0 Å². The van der Waals surface area contributed by atoms with Crippen molar-refractivity contribution in [2.75, 3.05) is 5.32 Å². The van der Waals surface area contributed by atoms with Gasteiger partial charge in [0.25, 0.3) is 0 Å². The Morgan fingerprint density at radius 2 is 2.22 bits per heavy atom. The van der Waals surface area contributed by atoms with E-state index in [1.54, 1.807) is 37.6 Å². The molecule has 0 spiro atoms. The van der Waals surface area contributed by atoms with Crippen LogP contribution in [0.1, 0.15) is 12.1 Å². The smallest absolute Gasteiger partial charge is 0.408 e. The van der Waals surface area contributed by atoms with Gasteiger partial charge in [-0.3, -0.25) is 14.3 Å². The molecule has 4 aromatic rings. The lowest BCUT2D eigenvalue weighted by Crippen LogP contribution is -2.12. The van der Waals surface area contributed by atoms with Crippen LogP contribution in [0.2, 0.25) is 0 Å². The third-order valence-corrected chi connectivity index (χ3v) is 5.08. The molecular weight excluding hydrogens is 364 g/mol. The number of carbonyl (C=O) groups is 1. The van der Waals surface area contributed by atoms with Crippen LogP contribution in [0.25, 0.3) is 21.7 Å². The summed E-state index contributed by atoms with van der Waals surface area (Å²) in [5, 5.41) is 5.68. The van der Waals surface area contributed by atoms with Gasteiger partial charge in [0.1, 0.15) is 5.01 Å². The van der Waals surface area contributed by atoms with Crippen LogP contribution in [0.15, 0.2) is 57.3 Å². The normalized spacial score (nSPS) is 11.0. The number of amides is 1. The molecule has 0 radical (unpaired) electrons. The zero-order valence-electron chi connectivity index (χ0n) is 14.5. The van der Waals surface area contributed by atoms with Crippen molar-refractivity contribution in [1.29, 1.82) is 0 Å². The number of carbonyl (C=O) groups excluding carboxylic acids is 1. The molecule has 1 aromatic carbocycles. The van der Waals surface area contributed by atoms with Gasteiger partial charge in [-0.2, -0.15) is 0 Å². The van der Waals surface area contributed by atoms with Crippen molar-refractivity contribution in [1.82, 2.24) is 14.5 Å². The third-order valence-electron chi connectivity index (χ3n) is 4.14. The largest absolute Gasteiger partial charge is 0.419 e. The number of pyridine rings is 1. The molecule has 4 rings (SSSR count). The minimum atomic E-state index is -0.429. The Kier molecular flexibility index (Phi) is 4.55. The molecule has 3 aromatic heterocycles. The van der Waals surface area contributed by atoms with Gasteiger partial charge in [0.15, 0.2) is 5.58 Å². The summed E-state index contributed by atoms with van der Waals surface area (Å²) in [4.78, 5) is 32.4. The Morgan fingerprint density at radius 3 is 3.04 bits per heavy atom. The number of anilines is 1. The van der Waals surface area contributed by atoms with Crippen LogP contribution < -0.4 is 11.1 Å². The fourth-order valence-corrected chi connectivity index (χ4v) is 3.57. The van der Waals surface area contributed by atoms with Crippen LogP contribution in [0.4, 0.5) is 5.69 Å². The summed E-state index contributed by atoms with van der Waals surface area (Å²) in [5.74, 6) is -0.551. The summed E-state index contributed by atoms with van der Waals surface area (Å²) in [6.45, 7) is 0. The summed E-state index contributed by atoms with van der Waals surface area (Å²) in [7, 11) is 1.64. The fraction of sp³-hybridized carbons (Fsp3) is 0.158. The summed E-state index contributed by atoms with van der Waals surface area (Å²) in [5.41, 5.74) is 3.56. The van der Waals surface area contributed by atoms with E-state index in [1.807, 2.05) is 17.5 Å². The molecule has 136 valence electrons. The second-order valence-corrected chi connectivity index (χ2v) is 6.90. The van der Waals surface area contributed by atoms with Crippen LogP contribution in [0, 0.1) is 0 Å². The molecular formula is C19H16N4O3S. The number of benzene rings is 1. The van der Waals surface area contributed by atoms with E-state index in [-0.39, 0.29) is 5.91 Å². The van der Waals surface area contributed by atoms with E-state index in [0.717, 1.165) is 16.3 Å². The molecule has 0 bridgehead atoms. The van der Waals surface area contributed by atoms with E-state index in [1.165, 1.54) is 15.9 Å². The predicted octanol–water partition coefficient (Wildman–Crippen LogP) is 3.22. The van der Waals surface area contributed by atoms with Gasteiger partial charge < -0.3 is 9.73 Å². The van der Waals surface area contributed by atoms with Gasteiger partial charge in [-0.05, 0) is 30.7 Å². The Bertz CT molecular complexity index is 1160. The number of hydrogen-bond donors (Lipinski definition) is 1. The molecule has 8 heteroatoms. The molecule has 0 aliphatic heterocycles. The predicted molar refractivity (Wildman–Crippen MR) is 104 cm³/mol. The molecule has 0 atom stereocenters. The van der Waals surface area contributed by atoms with Gasteiger partial charge in [-0.15, -0.1) is 11.3 Å². The minimum absolute atomic E-state index is 0.122. The standard InChI is InChI=1S/C19H16N4O3S/c1-23-15-6-4-13(9-16(15)26-19(23)25)21-17(24)7-5-14-11-27-18(22-14)12-3-2-8-20-10-12/h2-4,6,8-11H,5,7H2,1H3,(H,21,24). The first kappa shape index (κ1) is 17.2. The van der Waals surface area contributed by atoms with Gasteiger partial charge in [0.2, 0.25) is 5.91 Å². The number of nitrogens with one attached hydrogen (secondary N) is 1. The average molecular weight is 380 g/mol. The van der Waals surface area contributed by atoms with E-state index in [9.17, 15) is 9.59 Å². The molecule has 1 amide bonds.